The summed E-state index contributed by atoms with van der Waals surface area (Å²) in [6, 6.07) is 0.356. The fourth-order valence-corrected chi connectivity index (χ4v) is 5.06. The third kappa shape index (κ3) is 3.97. The van der Waals surface area contributed by atoms with E-state index in [4.69, 9.17) is 4.52 Å². The van der Waals surface area contributed by atoms with Crippen LogP contribution in [0.5, 0.6) is 0 Å². The molecule has 1 aromatic carbocycles. The summed E-state index contributed by atoms with van der Waals surface area (Å²) in [6.07, 6.45) is 0.813. The van der Waals surface area contributed by atoms with E-state index >= 15 is 0 Å². The van der Waals surface area contributed by atoms with E-state index in [9.17, 15) is 35.2 Å². The zero-order valence-corrected chi connectivity index (χ0v) is 19.3. The predicted molar refractivity (Wildman–Crippen MR) is 116 cm³/mol. The minimum Gasteiger partial charge on any atom is -0.334 e. The van der Waals surface area contributed by atoms with E-state index < -0.39 is 63.7 Å². The Morgan fingerprint density at radius 3 is 2.47 bits per heavy atom. The predicted octanol–water partition coefficient (Wildman–Crippen LogP) is 2.68. The second-order valence-corrected chi connectivity index (χ2v) is 10.3. The van der Waals surface area contributed by atoms with Crippen molar-refractivity contribution >= 4 is 21.1 Å². The highest BCUT2D eigenvalue weighted by molar-refractivity contribution is 7.88. The lowest BCUT2D eigenvalue weighted by Gasteiger charge is -2.31. The number of aryl methyl sites for hydroxylation is 1. The number of aromatic nitrogens is 4. The zero-order chi connectivity index (χ0) is 26.2. The Morgan fingerprint density at radius 1 is 1.17 bits per heavy atom. The Labute approximate surface area is 199 Å². The highest BCUT2D eigenvalue weighted by Crippen LogP contribution is 2.37. The number of rotatable bonds is 4. The molecule has 3 aromatic heterocycles. The Balaban J connectivity index is 1.71. The van der Waals surface area contributed by atoms with Gasteiger partial charge < -0.3 is 4.52 Å². The van der Waals surface area contributed by atoms with E-state index in [0.29, 0.717) is 12.1 Å². The van der Waals surface area contributed by atoms with E-state index in [2.05, 4.69) is 10.1 Å². The standard InChI is InChI=1S/C21H16F5N5O4S/c1-9-3-12(16-13(23)4-10(22)5-14(16)24)17-18(28-35-19(17)27-9)31-7-11-6-21(25,26)15(29-36(2,33)34)8-30(11)20(31)32/h3-5,7,15,29H,6,8H2,1-2H3. The number of benzene rings is 1. The Kier molecular flexibility index (Phi) is 5.33. The van der Waals surface area contributed by atoms with E-state index in [1.165, 1.54) is 13.0 Å². The summed E-state index contributed by atoms with van der Waals surface area (Å²) >= 11 is 0. The first-order valence-corrected chi connectivity index (χ1v) is 12.2. The second kappa shape index (κ2) is 7.96. The highest BCUT2D eigenvalue weighted by Gasteiger charge is 2.46. The molecule has 0 saturated heterocycles. The van der Waals surface area contributed by atoms with Crippen molar-refractivity contribution in [3.63, 3.8) is 0 Å². The molecule has 1 atom stereocenters. The first-order valence-electron chi connectivity index (χ1n) is 10.3. The Bertz CT molecular complexity index is 1690. The van der Waals surface area contributed by atoms with Gasteiger partial charge in [0, 0.05) is 41.8 Å². The molecule has 5 rings (SSSR count). The van der Waals surface area contributed by atoms with Crippen molar-refractivity contribution in [1.82, 2.24) is 24.0 Å². The average molecular weight is 529 g/mol. The van der Waals surface area contributed by atoms with E-state index in [1.54, 1.807) is 0 Å². The van der Waals surface area contributed by atoms with Gasteiger partial charge in [0.25, 0.3) is 11.6 Å². The summed E-state index contributed by atoms with van der Waals surface area (Å²) in [7, 11) is -4.01. The van der Waals surface area contributed by atoms with Gasteiger partial charge in [-0.1, -0.05) is 5.16 Å². The summed E-state index contributed by atoms with van der Waals surface area (Å²) in [4.78, 5) is 17.3. The number of imidazole rings is 1. The van der Waals surface area contributed by atoms with Crippen molar-refractivity contribution in [1.29, 1.82) is 0 Å². The third-order valence-electron chi connectivity index (χ3n) is 5.77. The van der Waals surface area contributed by atoms with Crippen LogP contribution >= 0.6 is 0 Å². The minimum absolute atomic E-state index is 0.118. The third-order valence-corrected chi connectivity index (χ3v) is 6.48. The Hall–Kier alpha value is -3.59. The number of fused-ring (bicyclic) bond motifs is 2. The fraction of sp³-hybridized carbons (Fsp3) is 0.286. The van der Waals surface area contributed by atoms with Crippen molar-refractivity contribution < 1.29 is 34.9 Å². The lowest BCUT2D eigenvalue weighted by atomic mass is 10.0. The van der Waals surface area contributed by atoms with E-state index in [0.717, 1.165) is 21.6 Å². The number of pyridine rings is 1. The van der Waals surface area contributed by atoms with Crippen LogP contribution in [0.1, 0.15) is 11.4 Å². The van der Waals surface area contributed by atoms with Crippen molar-refractivity contribution in [3.05, 3.63) is 63.7 Å². The first kappa shape index (κ1) is 24.1. The molecule has 9 nitrogen and oxygen atoms in total. The van der Waals surface area contributed by atoms with Crippen molar-refractivity contribution in [2.45, 2.75) is 31.9 Å². The molecule has 4 aromatic rings. The molecule has 1 unspecified atom stereocenters. The number of alkyl halides is 2. The Morgan fingerprint density at radius 2 is 1.83 bits per heavy atom. The molecule has 0 radical (unpaired) electrons. The molecule has 15 heteroatoms. The molecule has 36 heavy (non-hydrogen) atoms. The average Bonchev–Trinajstić information content (AvgIpc) is 3.27. The molecule has 0 fully saturated rings. The summed E-state index contributed by atoms with van der Waals surface area (Å²) in [5, 5.41) is 3.67. The van der Waals surface area contributed by atoms with Crippen LogP contribution in [0, 0.1) is 24.4 Å². The first-order chi connectivity index (χ1) is 16.7. The van der Waals surface area contributed by atoms with Gasteiger partial charge in [-0.25, -0.2) is 49.4 Å². The molecule has 1 aliphatic rings. The molecule has 0 saturated carbocycles. The van der Waals surface area contributed by atoms with Gasteiger partial charge in [-0.3, -0.25) is 4.57 Å². The number of nitrogens with one attached hydrogen (secondary N) is 1. The number of sulfonamides is 1. The van der Waals surface area contributed by atoms with Gasteiger partial charge in [-0.15, -0.1) is 0 Å². The SMILES string of the molecule is Cc1cc(-c2c(F)cc(F)cc2F)c2c(-n3cc4n(c3=O)CC(NS(C)(=O)=O)C(F)(F)C4)noc2n1. The maximum atomic E-state index is 14.7. The number of hydrogen-bond acceptors (Lipinski definition) is 6. The van der Waals surface area contributed by atoms with Crippen LogP contribution in [0.15, 0.2) is 33.7 Å². The quantitative estimate of drug-likeness (QED) is 0.407. The molecule has 1 N–H and O–H groups in total. The van der Waals surface area contributed by atoms with E-state index in [-0.39, 0.29) is 33.9 Å². The monoisotopic (exact) mass is 529 g/mol. The van der Waals surface area contributed by atoms with E-state index in [1.807, 2.05) is 4.72 Å². The van der Waals surface area contributed by atoms with Gasteiger partial charge in [-0.2, -0.15) is 0 Å². The molecular weight excluding hydrogens is 513 g/mol. The van der Waals surface area contributed by atoms with Crippen LogP contribution in [0.25, 0.3) is 28.0 Å². The highest BCUT2D eigenvalue weighted by atomic mass is 32.2. The summed E-state index contributed by atoms with van der Waals surface area (Å²) in [5.74, 6) is -7.42. The van der Waals surface area contributed by atoms with Crippen molar-refractivity contribution in [2.75, 3.05) is 6.26 Å². The number of nitrogens with zero attached hydrogens (tertiary/aromatic N) is 4. The summed E-state index contributed by atoms with van der Waals surface area (Å²) in [5.41, 5.74) is -1.72. The van der Waals surface area contributed by atoms with Crippen LogP contribution in [-0.4, -0.2) is 45.9 Å². The second-order valence-electron chi connectivity index (χ2n) is 8.51. The topological polar surface area (TPSA) is 112 Å². The number of halogens is 5. The maximum Gasteiger partial charge on any atom is 0.334 e. The van der Waals surface area contributed by atoms with Gasteiger partial charge in [0.1, 0.15) is 23.5 Å². The normalized spacial score (nSPS) is 17.5. The molecule has 4 heterocycles. The van der Waals surface area contributed by atoms with Crippen LogP contribution in [0.3, 0.4) is 0 Å². The van der Waals surface area contributed by atoms with Gasteiger partial charge in [0.2, 0.25) is 10.0 Å². The zero-order valence-electron chi connectivity index (χ0n) is 18.5. The fourth-order valence-electron chi connectivity index (χ4n) is 4.30. The van der Waals surface area contributed by atoms with Crippen LogP contribution < -0.4 is 10.4 Å². The molecular formula is C21H16F5N5O4S. The maximum absolute atomic E-state index is 14.7. The minimum atomic E-state index is -4.01. The smallest absolute Gasteiger partial charge is 0.334 e. The molecule has 1 aliphatic heterocycles. The molecule has 0 amide bonds. The largest absolute Gasteiger partial charge is 0.334 e. The molecule has 0 bridgehead atoms. The summed E-state index contributed by atoms with van der Waals surface area (Å²) in [6.45, 7) is 0.827. The lowest BCUT2D eigenvalue weighted by Crippen LogP contribution is -2.55. The van der Waals surface area contributed by atoms with Crippen LogP contribution in [0.2, 0.25) is 0 Å². The molecule has 0 aliphatic carbocycles. The van der Waals surface area contributed by atoms with Crippen molar-refractivity contribution in [2.24, 2.45) is 0 Å². The van der Waals surface area contributed by atoms with Gasteiger partial charge in [0.05, 0.1) is 23.6 Å². The van der Waals surface area contributed by atoms with Crippen molar-refractivity contribution in [3.8, 4) is 16.9 Å². The molecule has 0 spiro atoms. The molecule has 190 valence electrons. The summed E-state index contributed by atoms with van der Waals surface area (Å²) < 4.78 is 104. The van der Waals surface area contributed by atoms with Crippen LogP contribution in [-0.2, 0) is 23.0 Å². The van der Waals surface area contributed by atoms with Gasteiger partial charge >= 0.3 is 5.69 Å². The van der Waals surface area contributed by atoms with Gasteiger partial charge in [-0.05, 0) is 13.0 Å². The van der Waals surface area contributed by atoms with Crippen LogP contribution in [0.4, 0.5) is 22.0 Å². The van der Waals surface area contributed by atoms with Gasteiger partial charge in [0.15, 0.2) is 5.82 Å². The lowest BCUT2D eigenvalue weighted by molar-refractivity contribution is -0.0467. The number of hydrogen-bond donors (Lipinski definition) is 1.